The van der Waals surface area contributed by atoms with Crippen LogP contribution in [0.4, 0.5) is 20.6 Å². The summed E-state index contributed by atoms with van der Waals surface area (Å²) in [5, 5.41) is 2.74. The summed E-state index contributed by atoms with van der Waals surface area (Å²) in [6.45, 7) is 3.76. The van der Waals surface area contributed by atoms with Gasteiger partial charge in [-0.2, -0.15) is 0 Å². The molecule has 4 rings (SSSR count). The lowest BCUT2D eigenvalue weighted by Gasteiger charge is -2.36. The van der Waals surface area contributed by atoms with E-state index in [0.717, 1.165) is 30.3 Å². The van der Waals surface area contributed by atoms with Crippen molar-refractivity contribution in [1.82, 2.24) is 4.90 Å². The number of anilines is 2. The first-order valence-electron chi connectivity index (χ1n) is 8.65. The zero-order valence-corrected chi connectivity index (χ0v) is 14.3. The Hall–Kier alpha value is -2.96. The molecule has 1 saturated heterocycles. The van der Waals surface area contributed by atoms with Crippen molar-refractivity contribution in [2.24, 2.45) is 0 Å². The Morgan fingerprint density at radius 1 is 0.962 bits per heavy atom. The number of fused-ring (bicyclic) bond motifs is 1. The lowest BCUT2D eigenvalue weighted by atomic mass is 10.2. The van der Waals surface area contributed by atoms with E-state index in [4.69, 9.17) is 9.47 Å². The monoisotopic (exact) mass is 357 g/mol. The standard InChI is InChI=1S/C19H20FN3O3/c20-14-2-1-3-15(12-14)21-19(24)23-8-6-22(7-9-23)16-4-5-17-18(13-16)26-11-10-25-17/h1-5,12-13H,6-11H2,(H,21,24). The smallest absolute Gasteiger partial charge is 0.321 e. The topological polar surface area (TPSA) is 54.0 Å². The maximum atomic E-state index is 13.2. The average Bonchev–Trinajstić information content (AvgIpc) is 2.68. The van der Waals surface area contributed by atoms with Crippen LogP contribution in [-0.2, 0) is 0 Å². The molecule has 1 fully saturated rings. The van der Waals surface area contributed by atoms with E-state index in [1.807, 2.05) is 18.2 Å². The van der Waals surface area contributed by atoms with Gasteiger partial charge in [-0.1, -0.05) is 6.07 Å². The van der Waals surface area contributed by atoms with Crippen molar-refractivity contribution in [3.63, 3.8) is 0 Å². The van der Waals surface area contributed by atoms with E-state index in [2.05, 4.69) is 10.2 Å². The van der Waals surface area contributed by atoms with Crippen LogP contribution in [0.15, 0.2) is 42.5 Å². The number of hydrogen-bond acceptors (Lipinski definition) is 4. The number of carbonyl (C=O) groups excluding carboxylic acids is 1. The number of piperazine rings is 1. The Bertz CT molecular complexity index is 806. The summed E-state index contributed by atoms with van der Waals surface area (Å²) < 4.78 is 24.4. The van der Waals surface area contributed by atoms with Gasteiger partial charge in [0.1, 0.15) is 19.0 Å². The molecule has 0 radical (unpaired) electrons. The van der Waals surface area contributed by atoms with Crippen LogP contribution >= 0.6 is 0 Å². The summed E-state index contributed by atoms with van der Waals surface area (Å²) in [6.07, 6.45) is 0. The molecular formula is C19H20FN3O3. The van der Waals surface area contributed by atoms with Crippen LogP contribution in [0.2, 0.25) is 0 Å². The summed E-state index contributed by atoms with van der Waals surface area (Å²) in [4.78, 5) is 16.3. The van der Waals surface area contributed by atoms with Gasteiger partial charge in [-0.25, -0.2) is 9.18 Å². The van der Waals surface area contributed by atoms with Crippen molar-refractivity contribution in [2.75, 3.05) is 49.6 Å². The highest BCUT2D eigenvalue weighted by molar-refractivity contribution is 5.89. The van der Waals surface area contributed by atoms with Gasteiger partial charge in [-0.05, 0) is 30.3 Å². The van der Waals surface area contributed by atoms with Gasteiger partial charge >= 0.3 is 6.03 Å². The van der Waals surface area contributed by atoms with Crippen LogP contribution < -0.4 is 19.7 Å². The molecule has 136 valence electrons. The highest BCUT2D eigenvalue weighted by Crippen LogP contribution is 2.34. The fourth-order valence-corrected chi connectivity index (χ4v) is 3.17. The van der Waals surface area contributed by atoms with Gasteiger partial charge in [-0.3, -0.25) is 0 Å². The van der Waals surface area contributed by atoms with Gasteiger partial charge in [0.05, 0.1) is 0 Å². The molecule has 0 spiro atoms. The molecule has 2 aliphatic heterocycles. The summed E-state index contributed by atoms with van der Waals surface area (Å²) in [5.74, 6) is 1.17. The largest absolute Gasteiger partial charge is 0.486 e. The Labute approximate surface area is 151 Å². The van der Waals surface area contributed by atoms with Crippen molar-refractivity contribution in [1.29, 1.82) is 0 Å². The molecule has 2 aliphatic rings. The Kier molecular flexibility index (Phi) is 4.51. The molecule has 0 aromatic heterocycles. The number of rotatable bonds is 2. The molecule has 2 aromatic rings. The second kappa shape index (κ2) is 7.11. The van der Waals surface area contributed by atoms with E-state index in [0.29, 0.717) is 32.0 Å². The summed E-state index contributed by atoms with van der Waals surface area (Å²) in [7, 11) is 0. The van der Waals surface area contributed by atoms with E-state index in [9.17, 15) is 9.18 Å². The lowest BCUT2D eigenvalue weighted by Crippen LogP contribution is -2.50. The van der Waals surface area contributed by atoms with Crippen molar-refractivity contribution in [3.05, 3.63) is 48.3 Å². The molecule has 2 heterocycles. The number of nitrogens with zero attached hydrogens (tertiary/aromatic N) is 2. The lowest BCUT2D eigenvalue weighted by molar-refractivity contribution is 0.171. The number of halogens is 1. The van der Waals surface area contributed by atoms with Crippen LogP contribution in [0.1, 0.15) is 0 Å². The number of amides is 2. The van der Waals surface area contributed by atoms with E-state index in [1.54, 1.807) is 17.0 Å². The first kappa shape index (κ1) is 16.5. The summed E-state index contributed by atoms with van der Waals surface area (Å²) >= 11 is 0. The Morgan fingerprint density at radius 2 is 1.73 bits per heavy atom. The Balaban J connectivity index is 1.36. The van der Waals surface area contributed by atoms with E-state index < -0.39 is 0 Å². The van der Waals surface area contributed by atoms with Gasteiger partial charge < -0.3 is 24.6 Å². The number of carbonyl (C=O) groups is 1. The van der Waals surface area contributed by atoms with Crippen molar-refractivity contribution >= 4 is 17.4 Å². The molecule has 2 amide bonds. The zero-order chi connectivity index (χ0) is 17.9. The molecule has 6 nitrogen and oxygen atoms in total. The normalized spacial score (nSPS) is 16.3. The number of urea groups is 1. The average molecular weight is 357 g/mol. The minimum absolute atomic E-state index is 0.211. The quantitative estimate of drug-likeness (QED) is 0.898. The van der Waals surface area contributed by atoms with E-state index in [1.165, 1.54) is 12.1 Å². The maximum Gasteiger partial charge on any atom is 0.321 e. The predicted molar refractivity (Wildman–Crippen MR) is 96.6 cm³/mol. The van der Waals surface area contributed by atoms with Gasteiger partial charge in [0.15, 0.2) is 11.5 Å². The third kappa shape index (κ3) is 3.51. The third-order valence-corrected chi connectivity index (χ3v) is 4.53. The molecule has 2 aromatic carbocycles. The maximum absolute atomic E-state index is 13.2. The van der Waals surface area contributed by atoms with Crippen LogP contribution in [0.5, 0.6) is 11.5 Å². The van der Waals surface area contributed by atoms with Crippen LogP contribution in [0, 0.1) is 5.82 Å². The van der Waals surface area contributed by atoms with Crippen LogP contribution in [-0.4, -0.2) is 50.3 Å². The number of benzene rings is 2. The van der Waals surface area contributed by atoms with Gasteiger partial charge in [0.2, 0.25) is 0 Å². The molecule has 0 atom stereocenters. The second-order valence-electron chi connectivity index (χ2n) is 6.24. The molecule has 26 heavy (non-hydrogen) atoms. The van der Waals surface area contributed by atoms with E-state index in [-0.39, 0.29) is 11.8 Å². The predicted octanol–water partition coefficient (Wildman–Crippen LogP) is 2.95. The number of nitrogens with one attached hydrogen (secondary N) is 1. The Morgan fingerprint density at radius 3 is 2.50 bits per heavy atom. The highest BCUT2D eigenvalue weighted by atomic mass is 19.1. The molecule has 1 N–H and O–H groups in total. The summed E-state index contributed by atoms with van der Waals surface area (Å²) in [6, 6.07) is 11.6. The van der Waals surface area contributed by atoms with Crippen molar-refractivity contribution in [3.8, 4) is 11.5 Å². The zero-order valence-electron chi connectivity index (χ0n) is 14.3. The first-order chi connectivity index (χ1) is 12.7. The minimum Gasteiger partial charge on any atom is -0.486 e. The first-order valence-corrected chi connectivity index (χ1v) is 8.65. The summed E-state index contributed by atoms with van der Waals surface area (Å²) in [5.41, 5.74) is 1.52. The fourth-order valence-electron chi connectivity index (χ4n) is 3.17. The second-order valence-corrected chi connectivity index (χ2v) is 6.24. The van der Waals surface area contributed by atoms with Gasteiger partial charge in [0.25, 0.3) is 0 Å². The minimum atomic E-state index is -0.369. The number of hydrogen-bond donors (Lipinski definition) is 1. The fraction of sp³-hybridized carbons (Fsp3) is 0.316. The molecular weight excluding hydrogens is 337 g/mol. The third-order valence-electron chi connectivity index (χ3n) is 4.53. The van der Waals surface area contributed by atoms with Crippen molar-refractivity contribution < 1.29 is 18.7 Å². The molecule has 7 heteroatoms. The van der Waals surface area contributed by atoms with Gasteiger partial charge in [-0.15, -0.1) is 0 Å². The molecule has 0 aliphatic carbocycles. The highest BCUT2D eigenvalue weighted by Gasteiger charge is 2.22. The molecule has 0 saturated carbocycles. The SMILES string of the molecule is O=C(Nc1cccc(F)c1)N1CCN(c2ccc3c(c2)OCCO3)CC1. The number of ether oxygens (including phenoxy) is 2. The molecule has 0 unspecified atom stereocenters. The van der Waals surface area contributed by atoms with E-state index >= 15 is 0 Å². The van der Waals surface area contributed by atoms with Crippen LogP contribution in [0.3, 0.4) is 0 Å². The molecule has 0 bridgehead atoms. The van der Waals surface area contributed by atoms with Crippen LogP contribution in [0.25, 0.3) is 0 Å². The van der Waals surface area contributed by atoms with Crippen molar-refractivity contribution in [2.45, 2.75) is 0 Å². The van der Waals surface area contributed by atoms with Gasteiger partial charge in [0, 0.05) is 43.6 Å².